The molecule has 2 rings (SSSR count). The fraction of sp³-hybridized carbons (Fsp3) is 0.600. The lowest BCUT2D eigenvalue weighted by atomic mass is 10.1. The van der Waals surface area contributed by atoms with Gasteiger partial charge in [-0.25, -0.2) is 9.80 Å². The van der Waals surface area contributed by atoms with Gasteiger partial charge < -0.3 is 15.2 Å². The van der Waals surface area contributed by atoms with Gasteiger partial charge in [-0.2, -0.15) is 0 Å². The van der Waals surface area contributed by atoms with Crippen LogP contribution in [0.4, 0.5) is 0 Å². The molecule has 0 aromatic heterocycles. The molecule has 2 N–H and O–H groups in total. The van der Waals surface area contributed by atoms with Crippen LogP contribution in [-0.2, 0) is 23.9 Å². The van der Waals surface area contributed by atoms with Crippen LogP contribution in [-0.4, -0.2) is 71.7 Å². The number of carbonyl (C=O) groups is 4. The molecular formula is C15H23N3O6. The smallest absolute Gasteiger partial charge is 0.328 e. The van der Waals surface area contributed by atoms with E-state index < -0.39 is 18.1 Å². The number of hydrogen-bond acceptors (Lipinski definition) is 6. The number of nitrogens with zero attached hydrogens (tertiary/aromatic N) is 2. The zero-order valence-electron chi connectivity index (χ0n) is 13.6. The number of hydrogen-bond donors (Lipinski definition) is 2. The van der Waals surface area contributed by atoms with E-state index in [2.05, 4.69) is 16.6 Å². The minimum absolute atomic E-state index is 0.174. The molecule has 0 bridgehead atoms. The van der Waals surface area contributed by atoms with Crippen molar-refractivity contribution in [2.75, 3.05) is 20.2 Å². The second-order valence-corrected chi connectivity index (χ2v) is 5.29. The van der Waals surface area contributed by atoms with Crippen LogP contribution in [0.2, 0.25) is 0 Å². The highest BCUT2D eigenvalue weighted by Crippen LogP contribution is 2.24. The summed E-state index contributed by atoms with van der Waals surface area (Å²) in [5.41, 5.74) is 0. The van der Waals surface area contributed by atoms with Gasteiger partial charge in [0.25, 0.3) is 12.4 Å². The van der Waals surface area contributed by atoms with Crippen molar-refractivity contribution in [2.45, 2.75) is 37.8 Å². The van der Waals surface area contributed by atoms with Gasteiger partial charge in [-0.3, -0.25) is 19.4 Å². The first-order valence-electron chi connectivity index (χ1n) is 7.67. The summed E-state index contributed by atoms with van der Waals surface area (Å²) in [5.74, 6) is -1.56. The molecule has 0 aromatic rings. The van der Waals surface area contributed by atoms with Gasteiger partial charge in [0.1, 0.15) is 6.61 Å². The van der Waals surface area contributed by atoms with Crippen molar-refractivity contribution in [1.82, 2.24) is 15.3 Å². The van der Waals surface area contributed by atoms with E-state index in [0.717, 1.165) is 5.01 Å². The van der Waals surface area contributed by atoms with Crippen LogP contribution in [0.25, 0.3) is 0 Å². The number of aliphatic carboxylic acids is 1. The van der Waals surface area contributed by atoms with Crippen molar-refractivity contribution in [3.05, 3.63) is 12.7 Å². The molecule has 0 aromatic carbocycles. The molecule has 0 spiro atoms. The van der Waals surface area contributed by atoms with Gasteiger partial charge in [0, 0.05) is 13.0 Å². The van der Waals surface area contributed by atoms with Gasteiger partial charge in [0.05, 0.1) is 6.04 Å². The maximum absolute atomic E-state index is 12.3. The normalized spacial score (nSPS) is 23.4. The van der Waals surface area contributed by atoms with Crippen LogP contribution in [0.1, 0.15) is 25.7 Å². The zero-order chi connectivity index (χ0) is 18.1. The van der Waals surface area contributed by atoms with Crippen molar-refractivity contribution >= 4 is 24.3 Å². The van der Waals surface area contributed by atoms with Gasteiger partial charge in [-0.1, -0.05) is 12.7 Å². The van der Waals surface area contributed by atoms with Gasteiger partial charge in [-0.05, 0) is 26.3 Å². The average molecular weight is 341 g/mol. The Kier molecular flexibility index (Phi) is 7.90. The summed E-state index contributed by atoms with van der Waals surface area (Å²) < 4.78 is 4.18. The van der Waals surface area contributed by atoms with E-state index in [0.29, 0.717) is 38.9 Å². The summed E-state index contributed by atoms with van der Waals surface area (Å²) in [6, 6.07) is -1.41. The number of carbonyl (C=O) groups excluding carboxylic acids is 3. The van der Waals surface area contributed by atoms with Gasteiger partial charge in [-0.15, -0.1) is 0 Å². The summed E-state index contributed by atoms with van der Waals surface area (Å²) in [7, 11) is 1.64. The molecule has 2 saturated heterocycles. The lowest BCUT2D eigenvalue weighted by Crippen LogP contribution is -2.61. The third-order valence-electron chi connectivity index (χ3n) is 3.78. The molecule has 2 heterocycles. The summed E-state index contributed by atoms with van der Waals surface area (Å²) in [5, 5.41) is 14.5. The Morgan fingerprint density at radius 3 is 2.67 bits per heavy atom. The molecular weight excluding hydrogens is 318 g/mol. The molecule has 9 nitrogen and oxygen atoms in total. The summed E-state index contributed by atoms with van der Waals surface area (Å²) >= 11 is 0. The zero-order valence-corrected chi connectivity index (χ0v) is 13.6. The van der Waals surface area contributed by atoms with Gasteiger partial charge in [0.2, 0.25) is 5.91 Å². The molecule has 0 saturated carbocycles. The second-order valence-electron chi connectivity index (χ2n) is 5.29. The number of carboxylic acid groups (broad SMARTS) is 1. The highest BCUT2D eigenvalue weighted by atomic mass is 16.5. The third kappa shape index (κ3) is 4.79. The summed E-state index contributed by atoms with van der Waals surface area (Å²) in [6.07, 6.45) is 3.18. The monoisotopic (exact) mass is 341 g/mol. The van der Waals surface area contributed by atoms with E-state index in [1.165, 1.54) is 11.1 Å². The molecule has 2 amide bonds. The number of amides is 2. The number of nitrogens with one attached hydrogen (secondary N) is 1. The molecule has 0 unspecified atom stereocenters. The largest absolute Gasteiger partial charge is 0.480 e. The van der Waals surface area contributed by atoms with E-state index >= 15 is 0 Å². The molecule has 0 aliphatic carbocycles. The topological polar surface area (TPSA) is 116 Å². The molecule has 24 heavy (non-hydrogen) atoms. The molecule has 2 aliphatic heterocycles. The molecule has 134 valence electrons. The second kappa shape index (κ2) is 9.66. The van der Waals surface area contributed by atoms with Crippen LogP contribution in [0.5, 0.6) is 0 Å². The van der Waals surface area contributed by atoms with Crippen LogP contribution < -0.4 is 5.32 Å². The van der Waals surface area contributed by atoms with Crippen LogP contribution in [0.3, 0.4) is 0 Å². The van der Waals surface area contributed by atoms with Crippen molar-refractivity contribution in [3.8, 4) is 0 Å². The number of ether oxygens (including phenoxy) is 1. The van der Waals surface area contributed by atoms with Crippen molar-refractivity contribution < 1.29 is 29.0 Å². The lowest BCUT2D eigenvalue weighted by Gasteiger charge is -2.41. The predicted molar refractivity (Wildman–Crippen MR) is 83.5 cm³/mol. The highest BCUT2D eigenvalue weighted by molar-refractivity contribution is 5.91. The van der Waals surface area contributed by atoms with Gasteiger partial charge in [0.15, 0.2) is 6.04 Å². The Labute approximate surface area is 140 Å². The SMILES string of the molecule is C=CCOC=O.CN[C@H]1CCC(=O)N2CCC[C@@H](C(=O)O)N2C1=O. The standard InChI is InChI=1S/C11H17N3O4.C4H6O2/c1-12-7-4-5-9(15)13-6-2-3-8(11(17)18)14(13)10(7)16;1-2-3-6-4-5/h7-8,12H,2-6H2,1H3,(H,17,18);2,4H,1,3H2/t7-,8-;/m0./s1. The number of likely N-dealkylation sites (N-methyl/N-ethyl adjacent to an activating group) is 1. The summed E-state index contributed by atoms with van der Waals surface area (Å²) in [4.78, 5) is 44.7. The summed E-state index contributed by atoms with van der Waals surface area (Å²) in [6.45, 7) is 4.44. The number of fused-ring (bicyclic) bond motifs is 1. The fourth-order valence-electron chi connectivity index (χ4n) is 2.63. The first kappa shape index (κ1) is 19.6. The Morgan fingerprint density at radius 1 is 1.46 bits per heavy atom. The quantitative estimate of drug-likeness (QED) is 0.394. The van der Waals surface area contributed by atoms with Gasteiger partial charge >= 0.3 is 5.97 Å². The van der Waals surface area contributed by atoms with Crippen LogP contribution in [0, 0.1) is 0 Å². The number of carboxylic acids is 1. The van der Waals surface area contributed by atoms with E-state index in [9.17, 15) is 24.3 Å². The van der Waals surface area contributed by atoms with Crippen LogP contribution in [0.15, 0.2) is 12.7 Å². The van der Waals surface area contributed by atoms with Crippen molar-refractivity contribution in [1.29, 1.82) is 0 Å². The Balaban J connectivity index is 0.000000413. The molecule has 2 fully saturated rings. The maximum atomic E-state index is 12.3. The first-order valence-corrected chi connectivity index (χ1v) is 7.67. The molecule has 2 aliphatic rings. The highest BCUT2D eigenvalue weighted by Gasteiger charge is 2.43. The first-order chi connectivity index (χ1) is 11.5. The van der Waals surface area contributed by atoms with E-state index in [1.807, 2.05) is 0 Å². The number of hydrazine groups is 1. The van der Waals surface area contributed by atoms with Crippen molar-refractivity contribution in [3.63, 3.8) is 0 Å². The van der Waals surface area contributed by atoms with Crippen molar-refractivity contribution in [2.24, 2.45) is 0 Å². The molecule has 2 atom stereocenters. The predicted octanol–water partition coefficient (Wildman–Crippen LogP) is -0.467. The van der Waals surface area contributed by atoms with Crippen LogP contribution >= 0.6 is 0 Å². The Hall–Kier alpha value is -2.42. The minimum Gasteiger partial charge on any atom is -0.480 e. The van der Waals surface area contributed by atoms with E-state index in [4.69, 9.17) is 0 Å². The average Bonchev–Trinajstić information content (AvgIpc) is 2.71. The van der Waals surface area contributed by atoms with E-state index in [1.54, 1.807) is 7.05 Å². The maximum Gasteiger partial charge on any atom is 0.328 e. The molecule has 0 radical (unpaired) electrons. The lowest BCUT2D eigenvalue weighted by molar-refractivity contribution is -0.180. The molecule has 9 heteroatoms. The Morgan fingerprint density at radius 2 is 2.17 bits per heavy atom. The fourth-order valence-corrected chi connectivity index (χ4v) is 2.63. The Bertz CT molecular complexity index is 488. The third-order valence-corrected chi connectivity index (χ3v) is 3.78. The number of rotatable bonds is 5. The minimum atomic E-state index is -1.06. The van der Waals surface area contributed by atoms with E-state index in [-0.39, 0.29) is 18.2 Å².